The van der Waals surface area contributed by atoms with Gasteiger partial charge in [0.25, 0.3) is 11.7 Å². The zero-order chi connectivity index (χ0) is 18.2. The lowest BCUT2D eigenvalue weighted by molar-refractivity contribution is 0.102. The highest BCUT2D eigenvalue weighted by Gasteiger charge is 2.09. The average Bonchev–Trinajstić information content (AvgIpc) is 2.57. The molecular weight excluding hydrogens is 350 g/mol. The number of thioether (sulfide) groups is 1. The maximum atomic E-state index is 12.3. The average molecular weight is 366 g/mol. The number of anilines is 2. The predicted octanol–water partition coefficient (Wildman–Crippen LogP) is 4.82. The summed E-state index contributed by atoms with van der Waals surface area (Å²) in [5.74, 6) is -2.83. The highest BCUT2D eigenvalue weighted by atomic mass is 32.2. The van der Waals surface area contributed by atoms with Crippen molar-refractivity contribution in [3.05, 3.63) is 54.1 Å². The van der Waals surface area contributed by atoms with Crippen LogP contribution in [0.4, 0.5) is 25.0 Å². The van der Waals surface area contributed by atoms with Crippen LogP contribution >= 0.6 is 11.8 Å². The highest BCUT2D eigenvalue weighted by molar-refractivity contribution is 7.99. The molecule has 25 heavy (non-hydrogen) atoms. The molecule has 0 spiro atoms. The van der Waals surface area contributed by atoms with Gasteiger partial charge < -0.3 is 10.1 Å². The van der Waals surface area contributed by atoms with E-state index in [0.717, 1.165) is 0 Å². The number of carbonyl (C=O) groups is 2. The summed E-state index contributed by atoms with van der Waals surface area (Å²) in [5.41, 5.74) is 1.39. The number of rotatable bonds is 6. The second kappa shape index (κ2) is 9.03. The van der Waals surface area contributed by atoms with Crippen LogP contribution in [0, 0.1) is 0 Å². The van der Waals surface area contributed by atoms with E-state index in [4.69, 9.17) is 4.74 Å². The molecule has 8 heteroatoms. The summed E-state index contributed by atoms with van der Waals surface area (Å²) in [6.07, 6.45) is -0.568. The van der Waals surface area contributed by atoms with Crippen LogP contribution in [0.15, 0.2) is 53.4 Å². The van der Waals surface area contributed by atoms with E-state index in [9.17, 15) is 18.4 Å². The zero-order valence-electron chi connectivity index (χ0n) is 13.3. The molecule has 2 N–H and O–H groups in total. The van der Waals surface area contributed by atoms with Gasteiger partial charge in [0.05, 0.1) is 6.61 Å². The van der Waals surface area contributed by atoms with Crippen molar-refractivity contribution in [3.63, 3.8) is 0 Å². The number of benzene rings is 2. The van der Waals surface area contributed by atoms with Crippen molar-refractivity contribution in [1.29, 1.82) is 0 Å². The molecule has 0 fully saturated rings. The summed E-state index contributed by atoms with van der Waals surface area (Å²) in [6, 6.07) is 12.4. The fourth-order valence-corrected chi connectivity index (χ4v) is 2.41. The van der Waals surface area contributed by atoms with Crippen molar-refractivity contribution < 1.29 is 23.1 Å². The van der Waals surface area contributed by atoms with Gasteiger partial charge in [-0.1, -0.05) is 11.8 Å². The van der Waals surface area contributed by atoms with E-state index >= 15 is 0 Å². The quantitative estimate of drug-likeness (QED) is 0.719. The van der Waals surface area contributed by atoms with Crippen LogP contribution in [0.1, 0.15) is 17.3 Å². The third kappa shape index (κ3) is 6.07. The lowest BCUT2D eigenvalue weighted by Crippen LogP contribution is -2.14. The molecule has 132 valence electrons. The summed E-state index contributed by atoms with van der Waals surface area (Å²) in [6.45, 7) is 1.96. The van der Waals surface area contributed by atoms with Gasteiger partial charge in [0.2, 0.25) is 0 Å². The molecule has 0 aliphatic rings. The first-order chi connectivity index (χ1) is 12.0. The molecule has 0 saturated heterocycles. The topological polar surface area (TPSA) is 67.4 Å². The molecule has 5 nitrogen and oxygen atoms in total. The molecular formula is C17H16F2N2O3S. The van der Waals surface area contributed by atoms with E-state index in [1.807, 2.05) is 0 Å². The van der Waals surface area contributed by atoms with Crippen LogP contribution in [0.2, 0.25) is 0 Å². The third-order valence-corrected chi connectivity index (χ3v) is 3.73. The minimum Gasteiger partial charge on any atom is -0.450 e. The van der Waals surface area contributed by atoms with E-state index in [1.54, 1.807) is 43.3 Å². The smallest absolute Gasteiger partial charge is 0.411 e. The molecule has 2 aromatic carbocycles. The number of carbonyl (C=O) groups excluding carboxylic acids is 2. The molecule has 0 aliphatic heterocycles. The number of alkyl halides is 2. The second-order valence-electron chi connectivity index (χ2n) is 4.78. The molecule has 0 bridgehead atoms. The Balaban J connectivity index is 1.95. The van der Waals surface area contributed by atoms with Crippen molar-refractivity contribution >= 4 is 35.1 Å². The van der Waals surface area contributed by atoms with Crippen molar-refractivity contribution in [2.75, 3.05) is 17.2 Å². The Morgan fingerprint density at radius 1 is 1.00 bits per heavy atom. The molecule has 0 aliphatic carbocycles. The number of halogens is 2. The fraction of sp³-hybridized carbons (Fsp3) is 0.176. The lowest BCUT2D eigenvalue weighted by atomic mass is 10.2. The van der Waals surface area contributed by atoms with Gasteiger partial charge in [-0.3, -0.25) is 10.1 Å². The standard InChI is InChI=1S/C17H16F2N2O3S/c1-2-24-17(23)21-13-5-3-11(4-6-13)15(22)20-12-7-9-14(10-8-12)25-16(18)19/h3-10,16H,2H2,1H3,(H,20,22)(H,21,23). The molecule has 0 aromatic heterocycles. The van der Waals surface area contributed by atoms with Crippen LogP contribution in [0.5, 0.6) is 0 Å². The molecule has 0 unspecified atom stereocenters. The van der Waals surface area contributed by atoms with Crippen molar-refractivity contribution in [2.45, 2.75) is 17.6 Å². The summed E-state index contributed by atoms with van der Waals surface area (Å²) >= 11 is 0.441. The Morgan fingerprint density at radius 3 is 2.12 bits per heavy atom. The number of ether oxygens (including phenoxy) is 1. The van der Waals surface area contributed by atoms with Gasteiger partial charge in [0.15, 0.2) is 0 Å². The van der Waals surface area contributed by atoms with Crippen LogP contribution in [-0.2, 0) is 4.74 Å². The third-order valence-electron chi connectivity index (χ3n) is 3.01. The van der Waals surface area contributed by atoms with Gasteiger partial charge in [-0.05, 0) is 55.5 Å². The van der Waals surface area contributed by atoms with Gasteiger partial charge >= 0.3 is 6.09 Å². The SMILES string of the molecule is CCOC(=O)Nc1ccc(C(=O)Nc2ccc(SC(F)F)cc2)cc1. The molecule has 0 saturated carbocycles. The monoisotopic (exact) mass is 366 g/mol. The zero-order valence-corrected chi connectivity index (χ0v) is 14.1. The maximum absolute atomic E-state index is 12.3. The number of amides is 2. The number of hydrogen-bond acceptors (Lipinski definition) is 4. The van der Waals surface area contributed by atoms with Crippen LogP contribution in [0.3, 0.4) is 0 Å². The van der Waals surface area contributed by atoms with Gasteiger partial charge in [-0.2, -0.15) is 8.78 Å². The van der Waals surface area contributed by atoms with E-state index in [2.05, 4.69) is 10.6 Å². The molecule has 0 atom stereocenters. The Labute approximate surface area is 147 Å². The summed E-state index contributed by atoms with van der Waals surface area (Å²) in [7, 11) is 0. The minimum atomic E-state index is -2.48. The molecule has 0 heterocycles. The van der Waals surface area contributed by atoms with Gasteiger partial charge in [0, 0.05) is 21.8 Å². The first kappa shape index (κ1) is 18.7. The molecule has 2 aromatic rings. The van der Waals surface area contributed by atoms with Crippen molar-refractivity contribution in [1.82, 2.24) is 0 Å². The number of hydrogen-bond donors (Lipinski definition) is 2. The summed E-state index contributed by atoms with van der Waals surface area (Å²) < 4.78 is 29.3. The second-order valence-corrected chi connectivity index (χ2v) is 5.84. The molecule has 2 amide bonds. The van der Waals surface area contributed by atoms with Crippen molar-refractivity contribution in [2.24, 2.45) is 0 Å². The maximum Gasteiger partial charge on any atom is 0.411 e. The fourth-order valence-electron chi connectivity index (χ4n) is 1.91. The van der Waals surface area contributed by atoms with Gasteiger partial charge in [-0.15, -0.1) is 0 Å². The Hall–Kier alpha value is -2.61. The van der Waals surface area contributed by atoms with E-state index < -0.39 is 11.9 Å². The molecule has 2 rings (SSSR count). The first-order valence-corrected chi connectivity index (χ1v) is 8.26. The van der Waals surface area contributed by atoms with E-state index in [-0.39, 0.29) is 12.5 Å². The Kier molecular flexibility index (Phi) is 6.76. The van der Waals surface area contributed by atoms with Gasteiger partial charge in [0.1, 0.15) is 0 Å². The van der Waals surface area contributed by atoms with Crippen LogP contribution in [0.25, 0.3) is 0 Å². The summed E-state index contributed by atoms with van der Waals surface area (Å²) in [5, 5.41) is 5.20. The van der Waals surface area contributed by atoms with Crippen LogP contribution < -0.4 is 10.6 Å². The Bertz CT molecular complexity index is 722. The highest BCUT2D eigenvalue weighted by Crippen LogP contribution is 2.26. The molecule has 0 radical (unpaired) electrons. The summed E-state index contributed by atoms with van der Waals surface area (Å²) in [4.78, 5) is 23.9. The van der Waals surface area contributed by atoms with Crippen LogP contribution in [-0.4, -0.2) is 24.4 Å². The van der Waals surface area contributed by atoms with Gasteiger partial charge in [-0.25, -0.2) is 4.79 Å². The Morgan fingerprint density at radius 2 is 1.56 bits per heavy atom. The normalized spacial score (nSPS) is 10.4. The van der Waals surface area contributed by atoms with Crippen molar-refractivity contribution in [3.8, 4) is 0 Å². The van der Waals surface area contributed by atoms with E-state index in [1.165, 1.54) is 12.1 Å². The predicted molar refractivity (Wildman–Crippen MR) is 93.3 cm³/mol. The largest absolute Gasteiger partial charge is 0.450 e. The minimum absolute atomic E-state index is 0.265. The van der Waals surface area contributed by atoms with E-state index in [0.29, 0.717) is 33.6 Å². The lowest BCUT2D eigenvalue weighted by Gasteiger charge is -2.08. The number of nitrogens with one attached hydrogen (secondary N) is 2. The first-order valence-electron chi connectivity index (χ1n) is 7.38.